The molecule has 1 aliphatic rings. The molecule has 0 aliphatic carbocycles. The second kappa shape index (κ2) is 9.29. The van der Waals surface area contributed by atoms with Crippen molar-refractivity contribution < 1.29 is 18.4 Å². The van der Waals surface area contributed by atoms with Crippen LogP contribution in [0.15, 0.2) is 66.9 Å². The zero-order valence-corrected chi connectivity index (χ0v) is 19.8. The number of aromatic nitrogens is 1. The number of hydrogen-bond acceptors (Lipinski definition) is 4. The molecule has 5 rings (SSSR count). The molecule has 2 heterocycles. The van der Waals surface area contributed by atoms with Crippen molar-refractivity contribution in [3.05, 3.63) is 77.4 Å². The van der Waals surface area contributed by atoms with E-state index < -0.39 is 30.8 Å². The zero-order chi connectivity index (χ0) is 25.4. The summed E-state index contributed by atoms with van der Waals surface area (Å²) in [6.45, 7) is -0.794. The molecule has 0 bridgehead atoms. The molecule has 0 radical (unpaired) electrons. The lowest BCUT2D eigenvalue weighted by molar-refractivity contribution is -0.132. The van der Waals surface area contributed by atoms with E-state index in [9.17, 15) is 18.4 Å². The van der Waals surface area contributed by atoms with Gasteiger partial charge in [0.05, 0.1) is 18.1 Å². The lowest BCUT2D eigenvalue weighted by atomic mass is 9.96. The van der Waals surface area contributed by atoms with E-state index in [1.807, 2.05) is 54.6 Å². The van der Waals surface area contributed by atoms with E-state index >= 15 is 0 Å². The van der Waals surface area contributed by atoms with Crippen LogP contribution in [0.2, 0.25) is 5.02 Å². The van der Waals surface area contributed by atoms with Gasteiger partial charge in [0.1, 0.15) is 6.04 Å². The van der Waals surface area contributed by atoms with Gasteiger partial charge in [-0.2, -0.15) is 5.26 Å². The van der Waals surface area contributed by atoms with Crippen LogP contribution in [0.1, 0.15) is 29.6 Å². The highest BCUT2D eigenvalue weighted by atomic mass is 35.5. The molecule has 36 heavy (non-hydrogen) atoms. The zero-order valence-electron chi connectivity index (χ0n) is 19.0. The number of amides is 1. The van der Waals surface area contributed by atoms with Crippen LogP contribution in [0.4, 0.5) is 8.78 Å². The molecule has 0 N–H and O–H groups in total. The van der Waals surface area contributed by atoms with E-state index in [-0.39, 0.29) is 18.6 Å². The van der Waals surface area contributed by atoms with Crippen molar-refractivity contribution in [1.29, 1.82) is 5.26 Å². The molecule has 0 saturated carbocycles. The molecule has 3 aromatic carbocycles. The van der Waals surface area contributed by atoms with Crippen LogP contribution in [0.3, 0.4) is 0 Å². The van der Waals surface area contributed by atoms with Crippen molar-refractivity contribution >= 4 is 45.0 Å². The minimum absolute atomic E-state index is 0.154. The van der Waals surface area contributed by atoms with Crippen molar-refractivity contribution in [2.24, 2.45) is 0 Å². The number of Topliss-reactive ketones (excluding diaryl/α,β-unsaturated/α-hetero) is 1. The molecule has 1 fully saturated rings. The number of ketones is 1. The molecule has 1 atom stereocenters. The third kappa shape index (κ3) is 4.65. The Morgan fingerprint density at radius 2 is 1.75 bits per heavy atom. The standard InChI is InChI=1S/C28H20ClF2N3O2/c29-21-5-3-18-11-17(1-2-19(18)12-21)20-4-6-25-24(13-20)23(9-10-33-25)26(35)7-8-27(36)34-16-28(30,31)14-22(34)15-32/h1-6,9-13,22H,7-8,14,16H2/t22-/m0/s1. The first-order chi connectivity index (χ1) is 17.2. The monoisotopic (exact) mass is 503 g/mol. The van der Waals surface area contributed by atoms with Crippen LogP contribution >= 0.6 is 11.6 Å². The quantitative estimate of drug-likeness (QED) is 0.294. The smallest absolute Gasteiger partial charge is 0.268 e. The average Bonchev–Trinajstić information content (AvgIpc) is 3.20. The maximum atomic E-state index is 13.7. The molecule has 1 aliphatic heterocycles. The van der Waals surface area contributed by atoms with Crippen molar-refractivity contribution in [1.82, 2.24) is 9.88 Å². The lowest BCUT2D eigenvalue weighted by Gasteiger charge is -2.18. The number of rotatable bonds is 5. The molecular weight excluding hydrogens is 484 g/mol. The predicted molar refractivity (Wildman–Crippen MR) is 134 cm³/mol. The summed E-state index contributed by atoms with van der Waals surface area (Å²) in [5.41, 5.74) is 2.90. The average molecular weight is 504 g/mol. The first-order valence-electron chi connectivity index (χ1n) is 11.4. The first-order valence-corrected chi connectivity index (χ1v) is 11.8. The van der Waals surface area contributed by atoms with Crippen molar-refractivity contribution in [3.8, 4) is 17.2 Å². The van der Waals surface area contributed by atoms with Gasteiger partial charge in [-0.1, -0.05) is 35.9 Å². The van der Waals surface area contributed by atoms with Crippen molar-refractivity contribution in [2.75, 3.05) is 6.54 Å². The summed E-state index contributed by atoms with van der Waals surface area (Å²) in [5.74, 6) is -4.00. The number of alkyl halides is 2. The lowest BCUT2D eigenvalue weighted by Crippen LogP contribution is -2.36. The van der Waals surface area contributed by atoms with Crippen LogP contribution in [0.25, 0.3) is 32.8 Å². The van der Waals surface area contributed by atoms with Crippen LogP contribution in [-0.4, -0.2) is 40.1 Å². The minimum Gasteiger partial charge on any atom is -0.320 e. The van der Waals surface area contributed by atoms with Crippen molar-refractivity contribution in [2.45, 2.75) is 31.2 Å². The number of benzene rings is 3. The Balaban J connectivity index is 1.39. The molecular formula is C28H20ClF2N3O2. The van der Waals surface area contributed by atoms with E-state index in [1.165, 1.54) is 6.20 Å². The SMILES string of the molecule is N#C[C@@H]1CC(F)(F)CN1C(=O)CCC(=O)c1ccnc2ccc(-c3ccc4cc(Cl)ccc4c3)cc12. The van der Waals surface area contributed by atoms with E-state index in [1.54, 1.807) is 12.1 Å². The van der Waals surface area contributed by atoms with Gasteiger partial charge in [0.15, 0.2) is 5.78 Å². The number of pyridine rings is 1. The van der Waals surface area contributed by atoms with Crippen LogP contribution in [0, 0.1) is 11.3 Å². The Morgan fingerprint density at radius 3 is 2.56 bits per heavy atom. The molecule has 5 nitrogen and oxygen atoms in total. The number of halogens is 3. The number of nitriles is 1. The molecule has 1 amide bonds. The Bertz CT molecular complexity index is 1560. The normalized spacial score (nSPS) is 16.8. The number of fused-ring (bicyclic) bond motifs is 2. The highest BCUT2D eigenvalue weighted by Gasteiger charge is 2.47. The van der Waals surface area contributed by atoms with E-state index in [2.05, 4.69) is 4.98 Å². The fourth-order valence-corrected chi connectivity index (χ4v) is 4.84. The Labute approximate surface area is 210 Å². The van der Waals surface area contributed by atoms with Gasteiger partial charge >= 0.3 is 0 Å². The molecule has 1 saturated heterocycles. The summed E-state index contributed by atoms with van der Waals surface area (Å²) in [7, 11) is 0. The van der Waals surface area contributed by atoms with Gasteiger partial charge in [-0.3, -0.25) is 14.6 Å². The van der Waals surface area contributed by atoms with Crippen LogP contribution in [0.5, 0.6) is 0 Å². The number of carbonyl (C=O) groups is 2. The molecule has 0 spiro atoms. The minimum atomic E-state index is -3.09. The highest BCUT2D eigenvalue weighted by Crippen LogP contribution is 2.33. The third-order valence-corrected chi connectivity index (χ3v) is 6.72. The van der Waals surface area contributed by atoms with Gasteiger partial charge in [-0.15, -0.1) is 0 Å². The van der Waals surface area contributed by atoms with Gasteiger partial charge < -0.3 is 4.90 Å². The summed E-state index contributed by atoms with van der Waals surface area (Å²) < 4.78 is 27.4. The number of hydrogen-bond donors (Lipinski definition) is 0. The topological polar surface area (TPSA) is 74.1 Å². The molecule has 180 valence electrons. The second-order valence-corrected chi connectivity index (χ2v) is 9.38. The van der Waals surface area contributed by atoms with Crippen molar-refractivity contribution in [3.63, 3.8) is 0 Å². The maximum Gasteiger partial charge on any atom is 0.268 e. The summed E-state index contributed by atoms with van der Waals surface area (Å²) in [6.07, 6.45) is 0.454. The first kappa shape index (κ1) is 23.8. The summed E-state index contributed by atoms with van der Waals surface area (Å²) in [6, 6.07) is 19.5. The third-order valence-electron chi connectivity index (χ3n) is 6.48. The molecule has 0 unspecified atom stereocenters. The Kier molecular flexibility index (Phi) is 6.15. The summed E-state index contributed by atoms with van der Waals surface area (Å²) in [5, 5.41) is 12.5. The van der Waals surface area contributed by atoms with Crippen LogP contribution in [-0.2, 0) is 4.79 Å². The Hall–Kier alpha value is -3.89. The fraction of sp³-hybridized carbons (Fsp3) is 0.214. The van der Waals surface area contributed by atoms with E-state index in [4.69, 9.17) is 16.9 Å². The second-order valence-electron chi connectivity index (χ2n) is 8.95. The van der Waals surface area contributed by atoms with Gasteiger partial charge in [0, 0.05) is 41.4 Å². The molecule has 4 aromatic rings. The van der Waals surface area contributed by atoms with Gasteiger partial charge in [-0.25, -0.2) is 8.78 Å². The number of likely N-dealkylation sites (tertiary alicyclic amines) is 1. The van der Waals surface area contributed by atoms with E-state index in [0.717, 1.165) is 26.8 Å². The van der Waals surface area contributed by atoms with Gasteiger partial charge in [0.2, 0.25) is 5.91 Å². The Morgan fingerprint density at radius 1 is 1.03 bits per heavy atom. The fourth-order valence-electron chi connectivity index (χ4n) is 4.66. The van der Waals surface area contributed by atoms with Crippen LogP contribution < -0.4 is 0 Å². The van der Waals surface area contributed by atoms with Gasteiger partial charge in [-0.05, 0) is 58.3 Å². The number of nitrogens with zero attached hydrogens (tertiary/aromatic N) is 3. The maximum absolute atomic E-state index is 13.7. The summed E-state index contributed by atoms with van der Waals surface area (Å²) in [4.78, 5) is 30.9. The molecule has 1 aromatic heterocycles. The number of carbonyl (C=O) groups excluding carboxylic acids is 2. The van der Waals surface area contributed by atoms with E-state index in [0.29, 0.717) is 21.5 Å². The predicted octanol–water partition coefficient (Wildman–Crippen LogP) is 6.43. The van der Waals surface area contributed by atoms with Gasteiger partial charge in [0.25, 0.3) is 5.92 Å². The highest BCUT2D eigenvalue weighted by molar-refractivity contribution is 6.31. The summed E-state index contributed by atoms with van der Waals surface area (Å²) >= 11 is 6.09. The largest absolute Gasteiger partial charge is 0.320 e. The molecule has 8 heteroatoms.